The number of likely N-dealkylation sites (tertiary alicyclic amines) is 2. The third kappa shape index (κ3) is 2.60. The second kappa shape index (κ2) is 4.30. The van der Waals surface area contributed by atoms with Crippen LogP contribution < -0.4 is 0 Å². The van der Waals surface area contributed by atoms with Gasteiger partial charge in [-0.25, -0.2) is 0 Å². The molecule has 0 spiro atoms. The van der Waals surface area contributed by atoms with Gasteiger partial charge in [-0.15, -0.1) is 0 Å². The monoisotopic (exact) mass is 224 g/mol. The Morgan fingerprint density at radius 2 is 1.50 bits per heavy atom. The highest BCUT2D eigenvalue weighted by Gasteiger charge is 2.42. The van der Waals surface area contributed by atoms with E-state index in [0.717, 1.165) is 17.8 Å². The molecule has 2 heterocycles. The largest absolute Gasteiger partial charge is 0.302 e. The molecule has 2 atom stereocenters. The predicted molar refractivity (Wildman–Crippen MR) is 69.6 cm³/mol. The molecule has 0 aliphatic carbocycles. The lowest BCUT2D eigenvalue weighted by Crippen LogP contribution is -2.41. The Balaban J connectivity index is 1.86. The number of fused-ring (bicyclic) bond motifs is 1. The maximum absolute atomic E-state index is 2.68. The van der Waals surface area contributed by atoms with E-state index in [4.69, 9.17) is 0 Å². The van der Waals surface area contributed by atoms with Gasteiger partial charge in [0.2, 0.25) is 0 Å². The third-order valence-electron chi connectivity index (χ3n) is 4.13. The minimum atomic E-state index is 0.368. The minimum Gasteiger partial charge on any atom is -0.302 e. The fourth-order valence-corrected chi connectivity index (χ4v) is 3.30. The summed E-state index contributed by atoms with van der Waals surface area (Å²) < 4.78 is 0. The predicted octanol–water partition coefficient (Wildman–Crippen LogP) is 2.30. The molecule has 0 radical (unpaired) electrons. The van der Waals surface area contributed by atoms with Crippen molar-refractivity contribution in [3.63, 3.8) is 0 Å². The first-order valence-electron chi connectivity index (χ1n) is 6.83. The van der Waals surface area contributed by atoms with Crippen LogP contribution in [0, 0.1) is 17.8 Å². The van der Waals surface area contributed by atoms with E-state index in [1.807, 2.05) is 0 Å². The van der Waals surface area contributed by atoms with E-state index in [1.54, 1.807) is 0 Å². The summed E-state index contributed by atoms with van der Waals surface area (Å²) in [6.07, 6.45) is 0. The van der Waals surface area contributed by atoms with Crippen molar-refractivity contribution in [1.29, 1.82) is 0 Å². The van der Waals surface area contributed by atoms with Crippen LogP contribution in [0.25, 0.3) is 0 Å². The van der Waals surface area contributed by atoms with Crippen LogP contribution in [-0.4, -0.2) is 48.1 Å². The summed E-state index contributed by atoms with van der Waals surface area (Å²) in [5.41, 5.74) is 0.368. The number of nitrogens with zero attached hydrogens (tertiary/aromatic N) is 2. The van der Waals surface area contributed by atoms with E-state index in [0.29, 0.717) is 5.54 Å². The van der Waals surface area contributed by atoms with E-state index < -0.39 is 0 Å². The second-order valence-corrected chi connectivity index (χ2v) is 7.21. The Morgan fingerprint density at radius 3 is 1.88 bits per heavy atom. The lowest BCUT2D eigenvalue weighted by Gasteiger charge is -2.33. The van der Waals surface area contributed by atoms with E-state index >= 15 is 0 Å². The summed E-state index contributed by atoms with van der Waals surface area (Å²) in [5.74, 6) is 2.70. The summed E-state index contributed by atoms with van der Waals surface area (Å²) in [6.45, 7) is 18.3. The van der Waals surface area contributed by atoms with Crippen LogP contribution in [0.5, 0.6) is 0 Å². The Kier molecular flexibility index (Phi) is 3.33. The lowest BCUT2D eigenvalue weighted by atomic mass is 10.0. The van der Waals surface area contributed by atoms with Crippen molar-refractivity contribution in [1.82, 2.24) is 9.80 Å². The molecule has 0 aromatic rings. The molecule has 2 aliphatic heterocycles. The summed E-state index contributed by atoms with van der Waals surface area (Å²) >= 11 is 0. The van der Waals surface area contributed by atoms with Gasteiger partial charge in [-0.2, -0.15) is 0 Å². The van der Waals surface area contributed by atoms with Gasteiger partial charge in [-0.1, -0.05) is 13.8 Å². The maximum atomic E-state index is 2.68. The molecule has 0 aromatic carbocycles. The highest BCUT2D eigenvalue weighted by molar-refractivity contribution is 4.96. The standard InChI is InChI=1S/C14H28N2/c1-11(2)6-15-7-12-9-16(14(3,4)5)10-13(12)8-15/h11-13H,6-10H2,1-5H3/t12-,13+. The summed E-state index contributed by atoms with van der Waals surface area (Å²) in [6, 6.07) is 0. The molecule has 0 amide bonds. The van der Waals surface area contributed by atoms with Crippen molar-refractivity contribution >= 4 is 0 Å². The Bertz CT molecular complexity index is 228. The molecule has 2 heteroatoms. The molecular formula is C14H28N2. The highest BCUT2D eigenvalue weighted by Crippen LogP contribution is 2.34. The normalized spacial score (nSPS) is 32.6. The third-order valence-corrected chi connectivity index (χ3v) is 4.13. The van der Waals surface area contributed by atoms with Gasteiger partial charge in [-0.05, 0) is 38.5 Å². The van der Waals surface area contributed by atoms with E-state index in [9.17, 15) is 0 Å². The van der Waals surface area contributed by atoms with Gasteiger partial charge in [-0.3, -0.25) is 4.90 Å². The fraction of sp³-hybridized carbons (Fsp3) is 1.00. The molecule has 0 unspecified atom stereocenters. The highest BCUT2D eigenvalue weighted by atomic mass is 15.3. The average Bonchev–Trinajstić information content (AvgIpc) is 2.57. The average molecular weight is 224 g/mol. The summed E-state index contributed by atoms with van der Waals surface area (Å²) in [5, 5.41) is 0. The zero-order chi connectivity index (χ0) is 11.9. The first-order chi connectivity index (χ1) is 7.36. The summed E-state index contributed by atoms with van der Waals surface area (Å²) in [7, 11) is 0. The maximum Gasteiger partial charge on any atom is 0.0125 e. The molecule has 94 valence electrons. The van der Waals surface area contributed by atoms with Gasteiger partial charge in [0.05, 0.1) is 0 Å². The Hall–Kier alpha value is -0.0800. The molecule has 2 saturated heterocycles. The molecule has 0 bridgehead atoms. The first-order valence-corrected chi connectivity index (χ1v) is 6.83. The molecule has 2 aliphatic rings. The second-order valence-electron chi connectivity index (χ2n) is 7.21. The van der Waals surface area contributed by atoms with Crippen molar-refractivity contribution < 1.29 is 0 Å². The van der Waals surface area contributed by atoms with Crippen LogP contribution in [0.4, 0.5) is 0 Å². The van der Waals surface area contributed by atoms with Gasteiger partial charge < -0.3 is 4.90 Å². The van der Waals surface area contributed by atoms with Crippen molar-refractivity contribution in [3.8, 4) is 0 Å². The van der Waals surface area contributed by atoms with Crippen molar-refractivity contribution in [2.24, 2.45) is 17.8 Å². The van der Waals surface area contributed by atoms with Gasteiger partial charge in [0.25, 0.3) is 0 Å². The van der Waals surface area contributed by atoms with Gasteiger partial charge in [0, 0.05) is 38.3 Å². The van der Waals surface area contributed by atoms with Gasteiger partial charge >= 0.3 is 0 Å². The van der Waals surface area contributed by atoms with Crippen LogP contribution in [0.15, 0.2) is 0 Å². The van der Waals surface area contributed by atoms with E-state index in [2.05, 4.69) is 44.4 Å². The zero-order valence-corrected chi connectivity index (χ0v) is 11.7. The van der Waals surface area contributed by atoms with Crippen LogP contribution in [0.3, 0.4) is 0 Å². The van der Waals surface area contributed by atoms with Crippen LogP contribution >= 0.6 is 0 Å². The van der Waals surface area contributed by atoms with Crippen molar-refractivity contribution in [2.75, 3.05) is 32.7 Å². The smallest absolute Gasteiger partial charge is 0.0125 e. The molecule has 16 heavy (non-hydrogen) atoms. The molecule has 2 rings (SSSR count). The molecule has 0 N–H and O–H groups in total. The zero-order valence-electron chi connectivity index (χ0n) is 11.7. The molecule has 0 aromatic heterocycles. The topological polar surface area (TPSA) is 6.48 Å². The van der Waals surface area contributed by atoms with E-state index in [-0.39, 0.29) is 0 Å². The van der Waals surface area contributed by atoms with Crippen LogP contribution in [0.2, 0.25) is 0 Å². The Morgan fingerprint density at radius 1 is 1.00 bits per heavy atom. The quantitative estimate of drug-likeness (QED) is 0.710. The SMILES string of the molecule is CC(C)CN1C[C@@H]2CN(C(C)(C)C)C[C@@H]2C1. The van der Waals surface area contributed by atoms with Crippen LogP contribution in [-0.2, 0) is 0 Å². The number of hydrogen-bond acceptors (Lipinski definition) is 2. The van der Waals surface area contributed by atoms with Gasteiger partial charge in [0.1, 0.15) is 0 Å². The molecular weight excluding hydrogens is 196 g/mol. The Labute approximate surface area is 101 Å². The van der Waals surface area contributed by atoms with Crippen molar-refractivity contribution in [3.05, 3.63) is 0 Å². The number of rotatable bonds is 2. The van der Waals surface area contributed by atoms with Crippen LogP contribution in [0.1, 0.15) is 34.6 Å². The summed E-state index contributed by atoms with van der Waals surface area (Å²) in [4.78, 5) is 5.36. The van der Waals surface area contributed by atoms with Gasteiger partial charge in [0.15, 0.2) is 0 Å². The fourth-order valence-electron chi connectivity index (χ4n) is 3.30. The minimum absolute atomic E-state index is 0.368. The first kappa shape index (κ1) is 12.4. The molecule has 0 saturated carbocycles. The van der Waals surface area contributed by atoms with Crippen molar-refractivity contribution in [2.45, 2.75) is 40.2 Å². The number of hydrogen-bond donors (Lipinski definition) is 0. The molecule has 2 nitrogen and oxygen atoms in total. The van der Waals surface area contributed by atoms with E-state index in [1.165, 1.54) is 32.7 Å². The lowest BCUT2D eigenvalue weighted by molar-refractivity contribution is 0.147. The molecule has 2 fully saturated rings.